The Labute approximate surface area is 190 Å². The van der Waals surface area contributed by atoms with Crippen molar-refractivity contribution in [3.8, 4) is 11.4 Å². The van der Waals surface area contributed by atoms with Crippen LogP contribution in [0.3, 0.4) is 0 Å². The minimum atomic E-state index is 0.782. The van der Waals surface area contributed by atoms with Gasteiger partial charge in [-0.2, -0.15) is 0 Å². The van der Waals surface area contributed by atoms with Gasteiger partial charge in [-0.15, -0.1) is 13.2 Å². The van der Waals surface area contributed by atoms with Gasteiger partial charge in [0.05, 0.1) is 5.52 Å². The SMILES string of the molecule is Brc1ccc(-c2nc(N3CCNCC3)c3ccccc3n2)cc1.C=C.CC.CCC. The van der Waals surface area contributed by atoms with Crippen molar-refractivity contribution in [2.45, 2.75) is 34.1 Å². The molecule has 4 nitrogen and oxygen atoms in total. The second-order valence-electron chi connectivity index (χ2n) is 6.34. The van der Waals surface area contributed by atoms with E-state index in [9.17, 15) is 0 Å². The summed E-state index contributed by atoms with van der Waals surface area (Å²) in [6.07, 6.45) is 1.25. The molecular weight excluding hydrogens is 436 g/mol. The van der Waals surface area contributed by atoms with Crippen LogP contribution in [-0.2, 0) is 0 Å². The van der Waals surface area contributed by atoms with Crippen LogP contribution in [-0.4, -0.2) is 36.1 Å². The van der Waals surface area contributed by atoms with E-state index in [2.05, 4.69) is 83.5 Å². The maximum atomic E-state index is 4.90. The van der Waals surface area contributed by atoms with Crippen LogP contribution in [0.15, 0.2) is 66.2 Å². The van der Waals surface area contributed by atoms with E-state index in [1.54, 1.807) is 0 Å². The van der Waals surface area contributed by atoms with Crippen LogP contribution >= 0.6 is 15.9 Å². The molecule has 0 saturated carbocycles. The Morgan fingerprint density at radius 2 is 1.50 bits per heavy atom. The van der Waals surface area contributed by atoms with Crippen LogP contribution in [0.5, 0.6) is 0 Å². The lowest BCUT2D eigenvalue weighted by Crippen LogP contribution is -2.44. The predicted molar refractivity (Wildman–Crippen MR) is 136 cm³/mol. The van der Waals surface area contributed by atoms with E-state index in [1.165, 1.54) is 6.42 Å². The Morgan fingerprint density at radius 3 is 2.10 bits per heavy atom. The summed E-state index contributed by atoms with van der Waals surface area (Å²) in [4.78, 5) is 12.0. The van der Waals surface area contributed by atoms with Crippen LogP contribution < -0.4 is 10.2 Å². The number of rotatable bonds is 2. The zero-order valence-corrected chi connectivity index (χ0v) is 20.4. The summed E-state index contributed by atoms with van der Waals surface area (Å²) in [5, 5.41) is 4.52. The molecule has 0 aliphatic carbocycles. The first-order valence-corrected chi connectivity index (χ1v) is 11.5. The molecule has 5 heteroatoms. The van der Waals surface area contributed by atoms with Gasteiger partial charge in [-0.25, -0.2) is 9.97 Å². The third-order valence-corrected chi connectivity index (χ3v) is 4.63. The van der Waals surface area contributed by atoms with Crippen molar-refractivity contribution in [1.29, 1.82) is 0 Å². The molecule has 1 aliphatic heterocycles. The monoisotopic (exact) mass is 470 g/mol. The Hall–Kier alpha value is -2.24. The molecule has 0 amide bonds. The quantitative estimate of drug-likeness (QED) is 0.422. The van der Waals surface area contributed by atoms with E-state index < -0.39 is 0 Å². The van der Waals surface area contributed by atoms with Crippen molar-refractivity contribution < 1.29 is 0 Å². The molecule has 0 spiro atoms. The third-order valence-electron chi connectivity index (χ3n) is 4.10. The van der Waals surface area contributed by atoms with Gasteiger partial charge in [-0.3, -0.25) is 0 Å². The number of para-hydroxylation sites is 1. The highest BCUT2D eigenvalue weighted by Gasteiger charge is 2.17. The maximum Gasteiger partial charge on any atom is 0.162 e. The van der Waals surface area contributed by atoms with Crippen molar-refractivity contribution in [1.82, 2.24) is 15.3 Å². The van der Waals surface area contributed by atoms with E-state index >= 15 is 0 Å². The van der Waals surface area contributed by atoms with E-state index in [-0.39, 0.29) is 0 Å². The lowest BCUT2D eigenvalue weighted by Gasteiger charge is -2.29. The van der Waals surface area contributed by atoms with Gasteiger partial charge in [0.1, 0.15) is 5.82 Å². The normalized spacial score (nSPS) is 12.5. The Morgan fingerprint density at radius 1 is 0.933 bits per heavy atom. The Bertz CT molecular complexity index is 859. The molecule has 0 radical (unpaired) electrons. The van der Waals surface area contributed by atoms with Gasteiger partial charge in [0.2, 0.25) is 0 Å². The van der Waals surface area contributed by atoms with E-state index in [0.717, 1.165) is 58.8 Å². The van der Waals surface area contributed by atoms with E-state index in [4.69, 9.17) is 9.97 Å². The standard InChI is InChI=1S/C18H17BrN4.C3H8.C2H6.C2H4/c19-14-7-5-13(6-8-14)17-21-16-4-2-1-3-15(16)18(22-17)23-11-9-20-10-12-23;1-3-2;2*1-2/h1-8,20H,9-12H2;3H2,1-2H3;1-2H3;1-2H2. The molecule has 0 unspecified atom stereocenters. The summed E-state index contributed by atoms with van der Waals surface area (Å²) < 4.78 is 1.06. The second kappa shape index (κ2) is 14.7. The minimum Gasteiger partial charge on any atom is -0.353 e. The van der Waals surface area contributed by atoms with Gasteiger partial charge in [-0.1, -0.05) is 74.3 Å². The number of benzene rings is 2. The molecule has 3 aromatic rings. The fraction of sp³-hybridized carbons (Fsp3) is 0.360. The number of piperazine rings is 1. The fourth-order valence-electron chi connectivity index (χ4n) is 2.91. The van der Waals surface area contributed by atoms with Crippen LogP contribution in [0.25, 0.3) is 22.3 Å². The summed E-state index contributed by atoms with van der Waals surface area (Å²) in [6, 6.07) is 16.4. The van der Waals surface area contributed by atoms with Gasteiger partial charge in [0.15, 0.2) is 5.82 Å². The molecule has 2 aromatic carbocycles. The predicted octanol–water partition coefficient (Wildman–Crippen LogP) is 6.71. The number of aromatic nitrogens is 2. The largest absolute Gasteiger partial charge is 0.353 e. The molecule has 4 rings (SSSR count). The first-order chi connectivity index (χ1) is 14.7. The second-order valence-corrected chi connectivity index (χ2v) is 7.25. The van der Waals surface area contributed by atoms with Gasteiger partial charge in [0.25, 0.3) is 0 Å². The molecule has 1 fully saturated rings. The molecule has 1 aromatic heterocycles. The molecule has 1 saturated heterocycles. The average Bonchev–Trinajstić information content (AvgIpc) is 2.82. The maximum absolute atomic E-state index is 4.90. The summed E-state index contributed by atoms with van der Waals surface area (Å²) >= 11 is 3.48. The van der Waals surface area contributed by atoms with Crippen LogP contribution in [0.1, 0.15) is 34.1 Å². The van der Waals surface area contributed by atoms with Crippen LogP contribution in [0.2, 0.25) is 0 Å². The lowest BCUT2D eigenvalue weighted by atomic mass is 10.1. The minimum absolute atomic E-state index is 0.782. The molecular formula is C25H35BrN4. The zero-order chi connectivity index (χ0) is 22.4. The fourth-order valence-corrected chi connectivity index (χ4v) is 3.17. The van der Waals surface area contributed by atoms with Gasteiger partial charge in [0, 0.05) is 41.6 Å². The van der Waals surface area contributed by atoms with Gasteiger partial charge < -0.3 is 10.2 Å². The Balaban J connectivity index is 0.000000579. The number of nitrogens with one attached hydrogen (secondary N) is 1. The molecule has 162 valence electrons. The molecule has 1 N–H and O–H groups in total. The summed E-state index contributed by atoms with van der Waals surface area (Å²) in [5.74, 6) is 1.82. The molecule has 0 atom stereocenters. The topological polar surface area (TPSA) is 41.1 Å². The molecule has 0 bridgehead atoms. The highest BCUT2D eigenvalue weighted by Crippen LogP contribution is 2.28. The third kappa shape index (κ3) is 7.22. The summed E-state index contributed by atoms with van der Waals surface area (Å²) in [6.45, 7) is 18.2. The van der Waals surface area contributed by atoms with Gasteiger partial charge >= 0.3 is 0 Å². The van der Waals surface area contributed by atoms with Crippen LogP contribution in [0, 0.1) is 0 Å². The Kier molecular flexibility index (Phi) is 12.6. The van der Waals surface area contributed by atoms with Crippen molar-refractivity contribution in [3.63, 3.8) is 0 Å². The molecule has 30 heavy (non-hydrogen) atoms. The number of fused-ring (bicyclic) bond motifs is 1. The highest BCUT2D eigenvalue weighted by atomic mass is 79.9. The van der Waals surface area contributed by atoms with Crippen molar-refractivity contribution in [2.75, 3.05) is 31.1 Å². The lowest BCUT2D eigenvalue weighted by molar-refractivity contribution is 0.586. The molecule has 1 aliphatic rings. The number of hydrogen-bond acceptors (Lipinski definition) is 4. The van der Waals surface area contributed by atoms with Crippen LogP contribution in [0.4, 0.5) is 5.82 Å². The number of halogens is 1. The van der Waals surface area contributed by atoms with Gasteiger partial charge in [-0.05, 0) is 24.3 Å². The van der Waals surface area contributed by atoms with E-state index in [1.807, 2.05) is 32.0 Å². The smallest absolute Gasteiger partial charge is 0.162 e. The first-order valence-electron chi connectivity index (χ1n) is 10.7. The number of hydrogen-bond donors (Lipinski definition) is 1. The van der Waals surface area contributed by atoms with E-state index in [0.29, 0.717) is 0 Å². The number of anilines is 1. The summed E-state index contributed by atoms with van der Waals surface area (Å²) in [5.41, 5.74) is 2.03. The zero-order valence-electron chi connectivity index (χ0n) is 18.8. The average molecular weight is 471 g/mol. The van der Waals surface area contributed by atoms with Crippen molar-refractivity contribution in [2.24, 2.45) is 0 Å². The first kappa shape index (κ1) is 25.8. The van der Waals surface area contributed by atoms with Crippen molar-refractivity contribution >= 4 is 32.7 Å². The van der Waals surface area contributed by atoms with Crippen molar-refractivity contribution in [3.05, 3.63) is 66.2 Å². The summed E-state index contributed by atoms with van der Waals surface area (Å²) in [7, 11) is 0. The molecule has 2 heterocycles. The highest BCUT2D eigenvalue weighted by molar-refractivity contribution is 9.10. The number of nitrogens with zero attached hydrogens (tertiary/aromatic N) is 3.